The molecule has 0 aromatic heterocycles. The zero-order valence-electron chi connectivity index (χ0n) is 13.8. The maximum atomic E-state index is 8.09. The second kappa shape index (κ2) is 11.0. The van der Waals surface area contributed by atoms with Crippen LogP contribution in [0, 0.1) is 23.2 Å². The quantitative estimate of drug-likeness (QED) is 0.335. The van der Waals surface area contributed by atoms with E-state index in [-0.39, 0.29) is 0 Å². The molecule has 0 aliphatic carbocycles. The fourth-order valence-electron chi connectivity index (χ4n) is 2.20. The maximum Gasteiger partial charge on any atom is 0.131 e. The van der Waals surface area contributed by atoms with Gasteiger partial charge in [-0.1, -0.05) is 46.8 Å². The summed E-state index contributed by atoms with van der Waals surface area (Å²) in [5.74, 6) is 2.66. The largest absolute Gasteiger partial charge is 0.369 e. The van der Waals surface area contributed by atoms with Gasteiger partial charge in [-0.2, -0.15) is 0 Å². The fourth-order valence-corrected chi connectivity index (χ4v) is 2.71. The highest BCUT2D eigenvalue weighted by atomic mass is 32.2. The Bertz CT molecular complexity index is 321. The van der Waals surface area contributed by atoms with Crippen LogP contribution in [0.15, 0.2) is 23.6 Å². The zero-order valence-corrected chi connectivity index (χ0v) is 14.6. The molecular weight excluding hydrogens is 264 g/mol. The highest BCUT2D eigenvalue weighted by Crippen LogP contribution is 2.23. The molecule has 2 N–H and O–H groups in total. The van der Waals surface area contributed by atoms with Crippen molar-refractivity contribution in [2.75, 3.05) is 12.8 Å². The highest BCUT2D eigenvalue weighted by molar-refractivity contribution is 8.03. The molecule has 0 heterocycles. The monoisotopic (exact) mass is 296 g/mol. The van der Waals surface area contributed by atoms with Crippen molar-refractivity contribution in [1.82, 2.24) is 5.32 Å². The van der Waals surface area contributed by atoms with Gasteiger partial charge >= 0.3 is 0 Å². The van der Waals surface area contributed by atoms with Gasteiger partial charge in [0.1, 0.15) is 5.84 Å². The van der Waals surface area contributed by atoms with Crippen molar-refractivity contribution in [3.63, 3.8) is 0 Å². The molecule has 0 amide bonds. The first-order valence-corrected chi connectivity index (χ1v) is 8.88. The lowest BCUT2D eigenvalue weighted by Crippen LogP contribution is -2.30. The summed E-state index contributed by atoms with van der Waals surface area (Å²) in [7, 11) is 0. The van der Waals surface area contributed by atoms with Gasteiger partial charge in [-0.15, -0.1) is 11.8 Å². The lowest BCUT2D eigenvalue weighted by molar-refractivity contribution is 0.304. The van der Waals surface area contributed by atoms with E-state index in [1.165, 1.54) is 19.3 Å². The van der Waals surface area contributed by atoms with Crippen LogP contribution < -0.4 is 5.32 Å². The highest BCUT2D eigenvalue weighted by Gasteiger charge is 2.16. The molecule has 0 rings (SSSR count). The third-order valence-corrected chi connectivity index (χ3v) is 4.62. The van der Waals surface area contributed by atoms with Gasteiger partial charge in [-0.3, -0.25) is 5.41 Å². The number of nitrogens with one attached hydrogen (secondary N) is 2. The Hall–Kier alpha value is -0.700. The lowest BCUT2D eigenvalue weighted by atomic mass is 9.86. The van der Waals surface area contributed by atoms with Crippen LogP contribution in [0.2, 0.25) is 0 Å². The molecule has 0 aliphatic heterocycles. The number of thioether (sulfide) groups is 1. The third kappa shape index (κ3) is 7.78. The van der Waals surface area contributed by atoms with Crippen LogP contribution >= 0.6 is 11.8 Å². The summed E-state index contributed by atoms with van der Waals surface area (Å²) >= 11 is 1.59. The predicted molar refractivity (Wildman–Crippen MR) is 94.5 cm³/mol. The minimum Gasteiger partial charge on any atom is -0.369 e. The molecule has 20 heavy (non-hydrogen) atoms. The van der Waals surface area contributed by atoms with E-state index in [1.54, 1.807) is 17.8 Å². The molecule has 2 atom stereocenters. The minimum atomic E-state index is 0.524. The molecule has 116 valence electrons. The van der Waals surface area contributed by atoms with Gasteiger partial charge in [0.2, 0.25) is 0 Å². The molecule has 2 nitrogen and oxygen atoms in total. The number of hydrogen-bond donors (Lipinski definition) is 2. The third-order valence-electron chi connectivity index (χ3n) is 3.84. The minimum absolute atomic E-state index is 0.524. The molecule has 0 fully saturated rings. The Balaban J connectivity index is 4.43. The number of amidine groups is 1. The van der Waals surface area contributed by atoms with Crippen molar-refractivity contribution in [1.29, 1.82) is 5.41 Å². The summed E-state index contributed by atoms with van der Waals surface area (Å²) in [6.07, 6.45) is 9.32. The van der Waals surface area contributed by atoms with Gasteiger partial charge in [0.25, 0.3) is 0 Å². The maximum absolute atomic E-state index is 8.09. The average molecular weight is 297 g/mol. The first kappa shape index (κ1) is 19.3. The molecule has 0 saturated heterocycles. The summed E-state index contributed by atoms with van der Waals surface area (Å²) in [4.78, 5) is 0.951. The number of rotatable bonds is 10. The topological polar surface area (TPSA) is 35.9 Å². The summed E-state index contributed by atoms with van der Waals surface area (Å²) in [6.45, 7) is 13.8. The molecule has 0 aliphatic rings. The second-order valence-corrected chi connectivity index (χ2v) is 6.69. The van der Waals surface area contributed by atoms with E-state index in [9.17, 15) is 0 Å². The Kier molecular flexibility index (Phi) is 10.6. The molecule has 2 unspecified atom stereocenters. The van der Waals surface area contributed by atoms with Crippen LogP contribution in [-0.2, 0) is 0 Å². The number of hydrogen-bond acceptors (Lipinski definition) is 2. The summed E-state index contributed by atoms with van der Waals surface area (Å²) in [5, 5.41) is 11.4. The molecular formula is C17H32N2S. The van der Waals surface area contributed by atoms with Crippen molar-refractivity contribution in [2.45, 2.75) is 47.0 Å². The van der Waals surface area contributed by atoms with Gasteiger partial charge in [0, 0.05) is 11.4 Å². The zero-order chi connectivity index (χ0) is 15.5. The normalized spacial score (nSPS) is 15.0. The van der Waals surface area contributed by atoms with Gasteiger partial charge in [0.05, 0.1) is 0 Å². The molecule has 0 aromatic rings. The molecule has 0 radical (unpaired) electrons. The summed E-state index contributed by atoms with van der Waals surface area (Å²) in [6, 6.07) is 0. The van der Waals surface area contributed by atoms with Gasteiger partial charge in [-0.25, -0.2) is 0 Å². The molecule has 3 heteroatoms. The van der Waals surface area contributed by atoms with E-state index in [1.807, 2.05) is 12.3 Å². The SMILES string of the molecule is C=C/C=C(/SC)C(=N)NCC(CCC)CC(C)C(C)C. The standard InChI is InChI=1S/C17H32N2S/c1-7-9-15(11-14(5)13(3)4)12-19-17(18)16(20-6)10-8-2/h8,10,13-15H,2,7,9,11-12H2,1,3-6H3,(H2,18,19)/b16-10+. The van der Waals surface area contributed by atoms with E-state index < -0.39 is 0 Å². The van der Waals surface area contributed by atoms with Crippen molar-refractivity contribution >= 4 is 17.6 Å². The Morgan fingerprint density at radius 2 is 2.00 bits per heavy atom. The van der Waals surface area contributed by atoms with Gasteiger partial charge < -0.3 is 5.32 Å². The van der Waals surface area contributed by atoms with Gasteiger partial charge in [-0.05, 0) is 42.9 Å². The Morgan fingerprint density at radius 3 is 2.45 bits per heavy atom. The van der Waals surface area contributed by atoms with E-state index in [2.05, 4.69) is 39.6 Å². The Morgan fingerprint density at radius 1 is 1.35 bits per heavy atom. The molecule has 0 spiro atoms. The Labute approximate surface area is 130 Å². The van der Waals surface area contributed by atoms with E-state index in [4.69, 9.17) is 5.41 Å². The van der Waals surface area contributed by atoms with Crippen molar-refractivity contribution in [3.05, 3.63) is 23.6 Å². The molecule has 0 aromatic carbocycles. The van der Waals surface area contributed by atoms with Crippen LogP contribution in [0.25, 0.3) is 0 Å². The lowest BCUT2D eigenvalue weighted by Gasteiger charge is -2.24. The first-order chi connectivity index (χ1) is 9.46. The summed E-state index contributed by atoms with van der Waals surface area (Å²) in [5.41, 5.74) is 0. The van der Waals surface area contributed by atoms with Crippen LogP contribution in [0.1, 0.15) is 47.0 Å². The van der Waals surface area contributed by atoms with E-state index in [0.29, 0.717) is 11.8 Å². The second-order valence-electron chi connectivity index (χ2n) is 5.84. The van der Waals surface area contributed by atoms with Crippen LogP contribution in [0.5, 0.6) is 0 Å². The fraction of sp³-hybridized carbons (Fsp3) is 0.706. The van der Waals surface area contributed by atoms with E-state index >= 15 is 0 Å². The van der Waals surface area contributed by atoms with E-state index in [0.717, 1.165) is 23.3 Å². The molecule has 0 saturated carbocycles. The van der Waals surface area contributed by atoms with Gasteiger partial charge in [0.15, 0.2) is 0 Å². The predicted octanol–water partition coefficient (Wildman–Crippen LogP) is 5.08. The van der Waals surface area contributed by atoms with Crippen molar-refractivity contribution in [2.24, 2.45) is 17.8 Å². The smallest absolute Gasteiger partial charge is 0.131 e. The van der Waals surface area contributed by atoms with Crippen molar-refractivity contribution in [3.8, 4) is 0 Å². The van der Waals surface area contributed by atoms with Crippen LogP contribution in [0.4, 0.5) is 0 Å². The average Bonchev–Trinajstić information content (AvgIpc) is 2.41. The van der Waals surface area contributed by atoms with Crippen molar-refractivity contribution < 1.29 is 0 Å². The van der Waals surface area contributed by atoms with Crippen LogP contribution in [0.3, 0.4) is 0 Å². The van der Waals surface area contributed by atoms with Crippen LogP contribution in [-0.4, -0.2) is 18.6 Å². The first-order valence-electron chi connectivity index (χ1n) is 7.65. The molecule has 0 bridgehead atoms. The summed E-state index contributed by atoms with van der Waals surface area (Å²) < 4.78 is 0. The number of allylic oxidation sites excluding steroid dienone is 2.